The van der Waals surface area contributed by atoms with E-state index in [1.54, 1.807) is 0 Å². The molecule has 0 spiro atoms. The summed E-state index contributed by atoms with van der Waals surface area (Å²) in [5.41, 5.74) is 0.522. The van der Waals surface area contributed by atoms with Gasteiger partial charge in [-0.15, -0.1) is 0 Å². The number of nitrogens with zero attached hydrogens (tertiary/aromatic N) is 2. The zero-order valence-corrected chi connectivity index (χ0v) is 8.44. The Morgan fingerprint density at radius 1 is 1.50 bits per heavy atom. The molecule has 1 aromatic heterocycles. The summed E-state index contributed by atoms with van der Waals surface area (Å²) in [7, 11) is 3.87. The average Bonchev–Trinajstić information content (AvgIpc) is 2.15. The first-order valence-electron chi connectivity index (χ1n) is 4.54. The van der Waals surface area contributed by atoms with Gasteiger partial charge in [-0.05, 0) is 32.6 Å². The highest BCUT2D eigenvalue weighted by Gasteiger charge is 2.08. The van der Waals surface area contributed by atoms with Crippen LogP contribution in [0.15, 0.2) is 18.3 Å². The first-order chi connectivity index (χ1) is 6.59. The normalized spacial score (nSPS) is 13.2. The molecule has 1 aromatic rings. The van der Waals surface area contributed by atoms with Crippen molar-refractivity contribution in [3.63, 3.8) is 0 Å². The fraction of sp³-hybridized carbons (Fsp3) is 0.500. The van der Waals surface area contributed by atoms with Crippen molar-refractivity contribution < 1.29 is 9.50 Å². The molecule has 1 N–H and O–H groups in total. The van der Waals surface area contributed by atoms with Crippen LogP contribution in [0.2, 0.25) is 0 Å². The average molecular weight is 198 g/mol. The summed E-state index contributed by atoms with van der Waals surface area (Å²) in [5.74, 6) is -0.381. The van der Waals surface area contributed by atoms with E-state index in [9.17, 15) is 9.50 Å². The van der Waals surface area contributed by atoms with Gasteiger partial charge in [-0.25, -0.2) is 4.39 Å². The van der Waals surface area contributed by atoms with Gasteiger partial charge in [0.1, 0.15) is 5.82 Å². The summed E-state index contributed by atoms with van der Waals surface area (Å²) < 4.78 is 12.5. The number of aliphatic hydroxyl groups excluding tert-OH is 1. The molecule has 1 atom stereocenters. The van der Waals surface area contributed by atoms with Crippen LogP contribution in [-0.2, 0) is 0 Å². The van der Waals surface area contributed by atoms with Crippen LogP contribution in [-0.4, -0.2) is 35.6 Å². The first kappa shape index (κ1) is 11.1. The summed E-state index contributed by atoms with van der Waals surface area (Å²) in [6.45, 7) is 0.778. The third kappa shape index (κ3) is 3.40. The second-order valence-electron chi connectivity index (χ2n) is 3.51. The predicted octanol–water partition coefficient (Wildman–Crippen LogP) is 1.21. The molecule has 0 saturated carbocycles. The molecule has 0 aromatic carbocycles. The molecule has 1 heterocycles. The van der Waals surface area contributed by atoms with Crippen LogP contribution in [0.5, 0.6) is 0 Å². The molecule has 1 unspecified atom stereocenters. The minimum atomic E-state index is -0.613. The van der Waals surface area contributed by atoms with Crippen LogP contribution in [0.1, 0.15) is 18.2 Å². The van der Waals surface area contributed by atoms with Gasteiger partial charge in [-0.3, -0.25) is 4.98 Å². The molecule has 0 aliphatic heterocycles. The molecule has 4 heteroatoms. The second-order valence-corrected chi connectivity index (χ2v) is 3.51. The molecule has 0 radical (unpaired) electrons. The highest BCUT2D eigenvalue weighted by atomic mass is 19.1. The smallest absolute Gasteiger partial charge is 0.141 e. The number of hydrogen-bond acceptors (Lipinski definition) is 3. The second kappa shape index (κ2) is 5.02. The number of aliphatic hydroxyl groups is 1. The van der Waals surface area contributed by atoms with Crippen molar-refractivity contribution in [3.05, 3.63) is 29.8 Å². The third-order valence-corrected chi connectivity index (χ3v) is 1.94. The van der Waals surface area contributed by atoms with E-state index in [0.29, 0.717) is 12.1 Å². The summed E-state index contributed by atoms with van der Waals surface area (Å²) >= 11 is 0. The monoisotopic (exact) mass is 198 g/mol. The molecule has 0 aliphatic carbocycles. The van der Waals surface area contributed by atoms with Crippen LogP contribution < -0.4 is 0 Å². The Morgan fingerprint density at radius 3 is 2.71 bits per heavy atom. The fourth-order valence-corrected chi connectivity index (χ4v) is 1.11. The molecule has 3 nitrogen and oxygen atoms in total. The number of hydrogen-bond donors (Lipinski definition) is 1. The third-order valence-electron chi connectivity index (χ3n) is 1.94. The maximum absolute atomic E-state index is 12.5. The largest absolute Gasteiger partial charge is 0.387 e. The Kier molecular flexibility index (Phi) is 3.98. The molecular formula is C10H15FN2O. The Bertz CT molecular complexity index is 274. The van der Waals surface area contributed by atoms with Gasteiger partial charge in [-0.2, -0.15) is 0 Å². The molecule has 0 aliphatic rings. The lowest BCUT2D eigenvalue weighted by molar-refractivity contribution is 0.150. The van der Waals surface area contributed by atoms with Crippen molar-refractivity contribution in [3.8, 4) is 0 Å². The lowest BCUT2D eigenvalue weighted by Gasteiger charge is -2.13. The maximum atomic E-state index is 12.5. The zero-order valence-electron chi connectivity index (χ0n) is 8.44. The summed E-state index contributed by atoms with van der Waals surface area (Å²) in [5, 5.41) is 9.65. The summed E-state index contributed by atoms with van der Waals surface area (Å²) in [6.07, 6.45) is 1.11. The highest BCUT2D eigenvalue weighted by Crippen LogP contribution is 2.13. The molecule has 0 bridgehead atoms. The summed E-state index contributed by atoms with van der Waals surface area (Å²) in [6, 6.07) is 2.82. The lowest BCUT2D eigenvalue weighted by Crippen LogP contribution is -2.16. The van der Waals surface area contributed by atoms with Crippen molar-refractivity contribution in [1.29, 1.82) is 0 Å². The maximum Gasteiger partial charge on any atom is 0.141 e. The number of aromatic nitrogens is 1. The van der Waals surface area contributed by atoms with Crippen LogP contribution in [0.4, 0.5) is 4.39 Å². The van der Waals surface area contributed by atoms with Crippen molar-refractivity contribution in [2.45, 2.75) is 12.5 Å². The molecule has 14 heavy (non-hydrogen) atoms. The predicted molar refractivity (Wildman–Crippen MR) is 52.3 cm³/mol. The van der Waals surface area contributed by atoms with E-state index in [2.05, 4.69) is 4.98 Å². The van der Waals surface area contributed by atoms with Gasteiger partial charge in [0.05, 0.1) is 18.0 Å². The van der Waals surface area contributed by atoms with E-state index in [0.717, 1.165) is 12.7 Å². The standard InChI is InChI=1S/C10H15FN2O/c1-13(2)6-5-10(14)9-4-3-8(11)7-12-9/h3-4,7,10,14H,5-6H2,1-2H3. The molecule has 1 rings (SSSR count). The Morgan fingerprint density at radius 2 is 2.21 bits per heavy atom. The highest BCUT2D eigenvalue weighted by molar-refractivity contribution is 5.07. The van der Waals surface area contributed by atoms with Gasteiger partial charge >= 0.3 is 0 Å². The quantitative estimate of drug-likeness (QED) is 0.790. The van der Waals surface area contributed by atoms with Crippen molar-refractivity contribution in [2.24, 2.45) is 0 Å². The fourth-order valence-electron chi connectivity index (χ4n) is 1.11. The molecular weight excluding hydrogens is 183 g/mol. The van der Waals surface area contributed by atoms with E-state index >= 15 is 0 Å². The Balaban J connectivity index is 2.52. The molecule has 0 fully saturated rings. The van der Waals surface area contributed by atoms with Gasteiger partial charge in [0.2, 0.25) is 0 Å². The van der Waals surface area contributed by atoms with Crippen molar-refractivity contribution in [2.75, 3.05) is 20.6 Å². The van der Waals surface area contributed by atoms with E-state index < -0.39 is 6.10 Å². The Labute approximate surface area is 83.2 Å². The van der Waals surface area contributed by atoms with Gasteiger partial charge in [0, 0.05) is 6.54 Å². The minimum Gasteiger partial charge on any atom is -0.387 e. The molecule has 78 valence electrons. The first-order valence-corrected chi connectivity index (χ1v) is 4.54. The van der Waals surface area contributed by atoms with Crippen LogP contribution in [0, 0.1) is 5.82 Å². The SMILES string of the molecule is CN(C)CCC(O)c1ccc(F)cn1. The van der Waals surface area contributed by atoms with Gasteiger partial charge in [-0.1, -0.05) is 0 Å². The van der Waals surface area contributed by atoms with Gasteiger partial charge in [0.25, 0.3) is 0 Å². The van der Waals surface area contributed by atoms with E-state index in [4.69, 9.17) is 0 Å². The van der Waals surface area contributed by atoms with Crippen LogP contribution in [0.3, 0.4) is 0 Å². The summed E-state index contributed by atoms with van der Waals surface area (Å²) in [4.78, 5) is 5.79. The molecule has 0 amide bonds. The zero-order chi connectivity index (χ0) is 10.6. The number of halogens is 1. The van der Waals surface area contributed by atoms with Crippen molar-refractivity contribution >= 4 is 0 Å². The topological polar surface area (TPSA) is 36.4 Å². The lowest BCUT2D eigenvalue weighted by atomic mass is 10.1. The van der Waals surface area contributed by atoms with E-state index in [1.165, 1.54) is 12.1 Å². The number of pyridine rings is 1. The number of rotatable bonds is 4. The molecule has 0 saturated heterocycles. The van der Waals surface area contributed by atoms with E-state index in [1.807, 2.05) is 19.0 Å². The van der Waals surface area contributed by atoms with Crippen molar-refractivity contribution in [1.82, 2.24) is 9.88 Å². The Hall–Kier alpha value is -1.00. The van der Waals surface area contributed by atoms with E-state index in [-0.39, 0.29) is 5.82 Å². The van der Waals surface area contributed by atoms with Crippen LogP contribution >= 0.6 is 0 Å². The van der Waals surface area contributed by atoms with Crippen LogP contribution in [0.25, 0.3) is 0 Å². The van der Waals surface area contributed by atoms with Gasteiger partial charge in [0.15, 0.2) is 0 Å². The minimum absolute atomic E-state index is 0.381. The van der Waals surface area contributed by atoms with Gasteiger partial charge < -0.3 is 10.0 Å².